The quantitative estimate of drug-likeness (QED) is 0.918. The maximum Gasteiger partial charge on any atom is 0.356 e. The molecule has 1 aliphatic rings. The monoisotopic (exact) mass is 302 g/mol. The molecule has 0 unspecified atom stereocenters. The molecule has 1 aliphatic heterocycles. The second-order valence-corrected chi connectivity index (χ2v) is 5.20. The van der Waals surface area contributed by atoms with Crippen LogP contribution in [-0.2, 0) is 19.6 Å². The molecule has 22 heavy (non-hydrogen) atoms. The molecule has 0 saturated heterocycles. The molecule has 0 spiro atoms. The molecule has 116 valence electrons. The summed E-state index contributed by atoms with van der Waals surface area (Å²) in [6.45, 7) is 1.04. The van der Waals surface area contributed by atoms with Crippen LogP contribution < -0.4 is 9.47 Å². The van der Waals surface area contributed by atoms with E-state index in [1.165, 1.54) is 0 Å². The maximum absolute atomic E-state index is 11.3. The van der Waals surface area contributed by atoms with Crippen molar-refractivity contribution in [3.8, 4) is 11.5 Å². The Morgan fingerprint density at radius 2 is 2.18 bits per heavy atom. The summed E-state index contributed by atoms with van der Waals surface area (Å²) in [6.07, 6.45) is 2.80. The SMILES string of the molecule is COc1cccc(OCc2nc(C(=O)O)c3n2CCCC3)c1. The molecule has 0 atom stereocenters. The summed E-state index contributed by atoms with van der Waals surface area (Å²) in [5.41, 5.74) is 0.965. The van der Waals surface area contributed by atoms with Crippen LogP contribution in [0.1, 0.15) is 34.8 Å². The minimum Gasteiger partial charge on any atom is -0.497 e. The van der Waals surface area contributed by atoms with Gasteiger partial charge in [0.05, 0.1) is 12.8 Å². The number of carboxylic acids is 1. The fourth-order valence-electron chi connectivity index (χ4n) is 2.74. The molecule has 1 aromatic carbocycles. The lowest BCUT2D eigenvalue weighted by atomic mass is 10.1. The number of carbonyl (C=O) groups is 1. The Balaban J connectivity index is 1.81. The van der Waals surface area contributed by atoms with Crippen LogP contribution in [-0.4, -0.2) is 27.7 Å². The number of nitrogens with zero attached hydrogens (tertiary/aromatic N) is 2. The van der Waals surface area contributed by atoms with E-state index in [9.17, 15) is 9.90 Å². The topological polar surface area (TPSA) is 73.6 Å². The number of rotatable bonds is 5. The van der Waals surface area contributed by atoms with Gasteiger partial charge < -0.3 is 19.1 Å². The molecule has 0 amide bonds. The van der Waals surface area contributed by atoms with E-state index in [1.807, 2.05) is 22.8 Å². The van der Waals surface area contributed by atoms with Crippen molar-refractivity contribution >= 4 is 5.97 Å². The highest BCUT2D eigenvalue weighted by Gasteiger charge is 2.24. The third-order valence-corrected chi connectivity index (χ3v) is 3.81. The molecule has 0 aliphatic carbocycles. The fraction of sp³-hybridized carbons (Fsp3) is 0.375. The van der Waals surface area contributed by atoms with E-state index in [0.29, 0.717) is 17.3 Å². The van der Waals surface area contributed by atoms with E-state index in [4.69, 9.17) is 9.47 Å². The van der Waals surface area contributed by atoms with Crippen LogP contribution in [0.3, 0.4) is 0 Å². The normalized spacial score (nSPS) is 13.5. The van der Waals surface area contributed by atoms with Crippen LogP contribution in [0.5, 0.6) is 11.5 Å². The van der Waals surface area contributed by atoms with Crippen LogP contribution in [0.15, 0.2) is 24.3 Å². The van der Waals surface area contributed by atoms with Crippen molar-refractivity contribution in [2.75, 3.05) is 7.11 Å². The fourth-order valence-corrected chi connectivity index (χ4v) is 2.74. The summed E-state index contributed by atoms with van der Waals surface area (Å²) >= 11 is 0. The third kappa shape index (κ3) is 2.77. The van der Waals surface area contributed by atoms with Crippen molar-refractivity contribution in [2.45, 2.75) is 32.4 Å². The van der Waals surface area contributed by atoms with E-state index in [-0.39, 0.29) is 12.3 Å². The summed E-state index contributed by atoms with van der Waals surface area (Å²) in [7, 11) is 1.60. The molecule has 3 rings (SSSR count). The van der Waals surface area contributed by atoms with Gasteiger partial charge in [-0.05, 0) is 31.4 Å². The second kappa shape index (κ2) is 6.09. The van der Waals surface area contributed by atoms with Gasteiger partial charge in [-0.1, -0.05) is 6.07 Å². The smallest absolute Gasteiger partial charge is 0.356 e. The van der Waals surface area contributed by atoms with Crippen LogP contribution in [0.2, 0.25) is 0 Å². The van der Waals surface area contributed by atoms with Crippen LogP contribution in [0, 0.1) is 0 Å². The highest BCUT2D eigenvalue weighted by molar-refractivity contribution is 5.86. The highest BCUT2D eigenvalue weighted by atomic mass is 16.5. The number of hydrogen-bond donors (Lipinski definition) is 1. The van der Waals surface area contributed by atoms with Gasteiger partial charge in [0.25, 0.3) is 0 Å². The van der Waals surface area contributed by atoms with Crippen LogP contribution >= 0.6 is 0 Å². The number of methoxy groups -OCH3 is 1. The molecule has 6 nitrogen and oxygen atoms in total. The minimum absolute atomic E-state index is 0.156. The van der Waals surface area contributed by atoms with Crippen molar-refractivity contribution in [1.29, 1.82) is 0 Å². The number of carboxylic acid groups (broad SMARTS) is 1. The Morgan fingerprint density at radius 1 is 1.36 bits per heavy atom. The number of aromatic carboxylic acids is 1. The van der Waals surface area contributed by atoms with Gasteiger partial charge in [-0.3, -0.25) is 0 Å². The van der Waals surface area contributed by atoms with Crippen LogP contribution in [0.4, 0.5) is 0 Å². The molecule has 6 heteroatoms. The summed E-state index contributed by atoms with van der Waals surface area (Å²) < 4.78 is 12.9. The lowest BCUT2D eigenvalue weighted by molar-refractivity contribution is 0.0689. The molecule has 0 fully saturated rings. The minimum atomic E-state index is -0.974. The first kappa shape index (κ1) is 14.4. The van der Waals surface area contributed by atoms with E-state index in [1.54, 1.807) is 13.2 Å². The summed E-state index contributed by atoms with van der Waals surface area (Å²) in [4.78, 5) is 15.6. The molecule has 0 saturated carbocycles. The molecular formula is C16H18N2O4. The predicted octanol–water partition coefficient (Wildman–Crippen LogP) is 2.51. The number of fused-ring (bicyclic) bond motifs is 1. The first-order chi connectivity index (χ1) is 10.7. The average Bonchev–Trinajstić information content (AvgIpc) is 2.92. The zero-order chi connectivity index (χ0) is 15.5. The van der Waals surface area contributed by atoms with Gasteiger partial charge in [-0.2, -0.15) is 0 Å². The van der Waals surface area contributed by atoms with Gasteiger partial charge in [0.15, 0.2) is 5.69 Å². The van der Waals surface area contributed by atoms with E-state index >= 15 is 0 Å². The average molecular weight is 302 g/mol. The largest absolute Gasteiger partial charge is 0.497 e. The molecule has 2 heterocycles. The van der Waals surface area contributed by atoms with Gasteiger partial charge in [-0.15, -0.1) is 0 Å². The van der Waals surface area contributed by atoms with Crippen molar-refractivity contribution in [3.63, 3.8) is 0 Å². The van der Waals surface area contributed by atoms with Crippen molar-refractivity contribution in [2.24, 2.45) is 0 Å². The second-order valence-electron chi connectivity index (χ2n) is 5.20. The Labute approximate surface area is 128 Å². The Hall–Kier alpha value is -2.50. The Bertz CT molecular complexity index is 693. The summed E-state index contributed by atoms with van der Waals surface area (Å²) in [5, 5.41) is 9.27. The van der Waals surface area contributed by atoms with E-state index in [0.717, 1.165) is 31.5 Å². The summed E-state index contributed by atoms with van der Waals surface area (Å²) in [6, 6.07) is 7.31. The van der Waals surface area contributed by atoms with Crippen molar-refractivity contribution in [1.82, 2.24) is 9.55 Å². The van der Waals surface area contributed by atoms with Gasteiger partial charge in [-0.25, -0.2) is 9.78 Å². The number of imidazole rings is 1. The van der Waals surface area contributed by atoms with Gasteiger partial charge in [0.1, 0.15) is 23.9 Å². The van der Waals surface area contributed by atoms with E-state index in [2.05, 4.69) is 4.98 Å². The standard InChI is InChI=1S/C16H18N2O4/c1-21-11-5-4-6-12(9-11)22-10-14-17-15(16(19)20)13-7-2-3-8-18(13)14/h4-6,9H,2-3,7-8,10H2,1H3,(H,19,20). The number of hydrogen-bond acceptors (Lipinski definition) is 4. The number of benzene rings is 1. The predicted molar refractivity (Wildman–Crippen MR) is 79.5 cm³/mol. The Morgan fingerprint density at radius 3 is 2.95 bits per heavy atom. The zero-order valence-corrected chi connectivity index (χ0v) is 12.4. The zero-order valence-electron chi connectivity index (χ0n) is 12.4. The van der Waals surface area contributed by atoms with Crippen molar-refractivity contribution < 1.29 is 19.4 Å². The van der Waals surface area contributed by atoms with Gasteiger partial charge >= 0.3 is 5.97 Å². The molecule has 0 radical (unpaired) electrons. The first-order valence-corrected chi connectivity index (χ1v) is 7.27. The highest BCUT2D eigenvalue weighted by Crippen LogP contribution is 2.23. The third-order valence-electron chi connectivity index (χ3n) is 3.81. The molecule has 2 aromatic rings. The van der Waals surface area contributed by atoms with Crippen molar-refractivity contribution in [3.05, 3.63) is 41.5 Å². The number of ether oxygens (including phenoxy) is 2. The van der Waals surface area contributed by atoms with Gasteiger partial charge in [0, 0.05) is 12.6 Å². The van der Waals surface area contributed by atoms with E-state index < -0.39 is 5.97 Å². The molecule has 1 N–H and O–H groups in total. The number of aromatic nitrogens is 2. The van der Waals surface area contributed by atoms with Gasteiger partial charge in [0.2, 0.25) is 0 Å². The lowest BCUT2D eigenvalue weighted by Gasteiger charge is -2.17. The Kier molecular flexibility index (Phi) is 4.00. The van der Waals surface area contributed by atoms with Crippen LogP contribution in [0.25, 0.3) is 0 Å². The maximum atomic E-state index is 11.3. The molecule has 1 aromatic heterocycles. The first-order valence-electron chi connectivity index (χ1n) is 7.27. The molecular weight excluding hydrogens is 284 g/mol. The lowest BCUT2D eigenvalue weighted by Crippen LogP contribution is -2.15. The summed E-state index contributed by atoms with van der Waals surface area (Å²) in [5.74, 6) is 1.08. The molecule has 0 bridgehead atoms.